The molecule has 0 fully saturated rings. The number of hydrogen-bond acceptors (Lipinski definition) is 1. The molecule has 0 aromatic rings. The van der Waals surface area contributed by atoms with Gasteiger partial charge in [-0.2, -0.15) is 0 Å². The van der Waals surface area contributed by atoms with Crippen molar-refractivity contribution in [1.29, 1.82) is 0 Å². The lowest BCUT2D eigenvalue weighted by molar-refractivity contribution is -0.108. The van der Waals surface area contributed by atoms with Crippen LogP contribution in [-0.4, -0.2) is 5.24 Å². The van der Waals surface area contributed by atoms with Crippen LogP contribution < -0.4 is 0 Å². The molecule has 0 amide bonds. The largest absolute Gasteiger partial charge is 0.276 e. The van der Waals surface area contributed by atoms with Crippen molar-refractivity contribution in [1.82, 2.24) is 0 Å². The van der Waals surface area contributed by atoms with E-state index in [9.17, 15) is 4.79 Å². The third-order valence-electron chi connectivity index (χ3n) is 0.812. The summed E-state index contributed by atoms with van der Waals surface area (Å²) in [5, 5.41) is -0.0394. The first kappa shape index (κ1) is 7.99. The Labute approximate surface area is 58.3 Å². The van der Waals surface area contributed by atoms with Gasteiger partial charge in [0.2, 0.25) is 5.24 Å². The van der Waals surface area contributed by atoms with Gasteiger partial charge in [0, 0.05) is 10.6 Å². The van der Waals surface area contributed by atoms with Gasteiger partial charge in [-0.15, -0.1) is 0 Å². The molecule has 8 heavy (non-hydrogen) atoms. The fourth-order valence-electron chi connectivity index (χ4n) is 0.135. The van der Waals surface area contributed by atoms with Gasteiger partial charge >= 0.3 is 0 Å². The van der Waals surface area contributed by atoms with Crippen LogP contribution in [0.4, 0.5) is 0 Å². The molecule has 0 N–H and O–H groups in total. The van der Waals surface area contributed by atoms with Crippen molar-refractivity contribution in [3.8, 4) is 0 Å². The van der Waals surface area contributed by atoms with E-state index >= 15 is 0 Å². The second-order valence-electron chi connectivity index (χ2n) is 1.43. The molecule has 0 aliphatic carbocycles. The smallest absolute Gasteiger partial charge is 0.249 e. The standard InChI is InChI=1S/C5H6Cl2O/c1-3(4(2)6)5(7)8/h1-2H3/b4-3+. The fourth-order valence-corrected chi connectivity index (χ4v) is 0.411. The normalized spacial score (nSPS) is 13.0. The summed E-state index contributed by atoms with van der Waals surface area (Å²) in [6, 6.07) is 0. The van der Waals surface area contributed by atoms with Crippen molar-refractivity contribution in [2.24, 2.45) is 0 Å². The number of carbonyl (C=O) groups is 1. The van der Waals surface area contributed by atoms with Gasteiger partial charge in [-0.05, 0) is 25.4 Å². The molecule has 0 saturated carbocycles. The quantitative estimate of drug-likeness (QED) is 0.417. The minimum atomic E-state index is -0.488. The molecule has 0 rings (SSSR count). The van der Waals surface area contributed by atoms with E-state index in [1.165, 1.54) is 0 Å². The van der Waals surface area contributed by atoms with E-state index in [-0.39, 0.29) is 0 Å². The van der Waals surface area contributed by atoms with Gasteiger partial charge in [0.25, 0.3) is 0 Å². The van der Waals surface area contributed by atoms with Crippen molar-refractivity contribution >= 4 is 28.4 Å². The summed E-state index contributed by atoms with van der Waals surface area (Å²) in [5.74, 6) is 0. The highest BCUT2D eigenvalue weighted by Crippen LogP contribution is 2.09. The van der Waals surface area contributed by atoms with Gasteiger partial charge in [0.15, 0.2) is 0 Å². The Bertz CT molecular complexity index is 133. The zero-order valence-electron chi connectivity index (χ0n) is 4.66. The monoisotopic (exact) mass is 152 g/mol. The van der Waals surface area contributed by atoms with Crippen LogP contribution in [-0.2, 0) is 4.79 Å². The summed E-state index contributed by atoms with van der Waals surface area (Å²) in [7, 11) is 0. The highest BCUT2D eigenvalue weighted by molar-refractivity contribution is 6.68. The van der Waals surface area contributed by atoms with E-state index in [0.29, 0.717) is 10.6 Å². The van der Waals surface area contributed by atoms with Crippen LogP contribution in [0.3, 0.4) is 0 Å². The third-order valence-corrected chi connectivity index (χ3v) is 1.38. The zero-order chi connectivity index (χ0) is 6.73. The zero-order valence-corrected chi connectivity index (χ0v) is 6.18. The molecule has 0 heterocycles. The molecule has 0 radical (unpaired) electrons. The van der Waals surface area contributed by atoms with Gasteiger partial charge in [0.1, 0.15) is 0 Å². The lowest BCUT2D eigenvalue weighted by Crippen LogP contribution is -1.87. The molecule has 0 unspecified atom stereocenters. The highest BCUT2D eigenvalue weighted by atomic mass is 35.5. The second-order valence-corrected chi connectivity index (χ2v) is 2.34. The average Bonchev–Trinajstić information content (AvgIpc) is 1.64. The summed E-state index contributed by atoms with van der Waals surface area (Å²) in [6.07, 6.45) is 0. The average molecular weight is 153 g/mol. The molecule has 0 aromatic heterocycles. The number of halogens is 2. The van der Waals surface area contributed by atoms with Crippen LogP contribution in [0, 0.1) is 0 Å². The molecular formula is C5H6Cl2O. The molecular weight excluding hydrogens is 147 g/mol. The van der Waals surface area contributed by atoms with E-state index in [2.05, 4.69) is 0 Å². The summed E-state index contributed by atoms with van der Waals surface area (Å²) < 4.78 is 0. The maximum atomic E-state index is 10.2. The van der Waals surface area contributed by atoms with Crippen molar-refractivity contribution < 1.29 is 4.79 Å². The van der Waals surface area contributed by atoms with E-state index < -0.39 is 5.24 Å². The van der Waals surface area contributed by atoms with E-state index in [0.717, 1.165) is 0 Å². The molecule has 0 aliphatic rings. The van der Waals surface area contributed by atoms with Crippen LogP contribution in [0.2, 0.25) is 0 Å². The lowest BCUT2D eigenvalue weighted by Gasteiger charge is -1.89. The minimum absolute atomic E-state index is 0.410. The summed E-state index contributed by atoms with van der Waals surface area (Å²) in [6.45, 7) is 3.20. The van der Waals surface area contributed by atoms with Gasteiger partial charge in [-0.25, -0.2) is 0 Å². The van der Waals surface area contributed by atoms with Crippen LogP contribution in [0.25, 0.3) is 0 Å². The number of hydrogen-bond donors (Lipinski definition) is 0. The van der Waals surface area contributed by atoms with Crippen LogP contribution in [0.1, 0.15) is 13.8 Å². The van der Waals surface area contributed by atoms with Gasteiger partial charge in [-0.1, -0.05) is 11.6 Å². The summed E-state index contributed by atoms with van der Waals surface area (Å²) in [4.78, 5) is 10.2. The fraction of sp³-hybridized carbons (Fsp3) is 0.400. The Kier molecular flexibility index (Phi) is 3.10. The molecule has 0 bridgehead atoms. The Morgan fingerprint density at radius 3 is 1.62 bits per heavy atom. The maximum absolute atomic E-state index is 10.2. The molecule has 0 aromatic carbocycles. The lowest BCUT2D eigenvalue weighted by atomic mass is 10.3. The molecule has 0 spiro atoms. The predicted octanol–water partition coefficient (Wildman–Crippen LogP) is 2.28. The first-order chi connectivity index (χ1) is 3.55. The Balaban J connectivity index is 4.23. The van der Waals surface area contributed by atoms with Crippen LogP contribution in [0.15, 0.2) is 10.6 Å². The van der Waals surface area contributed by atoms with Crippen molar-refractivity contribution in [2.75, 3.05) is 0 Å². The molecule has 1 nitrogen and oxygen atoms in total. The van der Waals surface area contributed by atoms with Gasteiger partial charge in [0.05, 0.1) is 0 Å². The molecule has 0 atom stereocenters. The van der Waals surface area contributed by atoms with Crippen LogP contribution >= 0.6 is 23.2 Å². The van der Waals surface area contributed by atoms with Crippen molar-refractivity contribution in [3.63, 3.8) is 0 Å². The first-order valence-electron chi connectivity index (χ1n) is 2.08. The maximum Gasteiger partial charge on any atom is 0.249 e. The topological polar surface area (TPSA) is 17.1 Å². The Hall–Kier alpha value is -0.0100. The SMILES string of the molecule is C/C(Cl)=C(/C)C(=O)Cl. The van der Waals surface area contributed by atoms with Crippen molar-refractivity contribution in [3.05, 3.63) is 10.6 Å². The highest BCUT2D eigenvalue weighted by Gasteiger charge is 1.99. The Morgan fingerprint density at radius 1 is 1.25 bits per heavy atom. The van der Waals surface area contributed by atoms with E-state index in [1.807, 2.05) is 0 Å². The van der Waals surface area contributed by atoms with E-state index in [1.54, 1.807) is 13.8 Å². The van der Waals surface area contributed by atoms with Gasteiger partial charge in [-0.3, -0.25) is 4.79 Å². The van der Waals surface area contributed by atoms with E-state index in [4.69, 9.17) is 23.2 Å². The van der Waals surface area contributed by atoms with Gasteiger partial charge < -0.3 is 0 Å². The number of rotatable bonds is 1. The molecule has 46 valence electrons. The second kappa shape index (κ2) is 3.10. The number of carbonyl (C=O) groups excluding carboxylic acids is 1. The summed E-state index contributed by atoms with van der Waals surface area (Å²) >= 11 is 10.4. The predicted molar refractivity (Wildman–Crippen MR) is 35.1 cm³/mol. The minimum Gasteiger partial charge on any atom is -0.276 e. The molecule has 3 heteroatoms. The molecule has 0 saturated heterocycles. The van der Waals surface area contributed by atoms with Crippen molar-refractivity contribution in [2.45, 2.75) is 13.8 Å². The first-order valence-corrected chi connectivity index (χ1v) is 2.84. The summed E-state index contributed by atoms with van der Waals surface area (Å²) in [5.41, 5.74) is 0.410. The van der Waals surface area contributed by atoms with Crippen LogP contribution in [0.5, 0.6) is 0 Å². The molecule has 0 aliphatic heterocycles. The number of allylic oxidation sites excluding steroid dienone is 2. The third kappa shape index (κ3) is 2.34. The Morgan fingerprint density at radius 2 is 1.62 bits per heavy atom.